The summed E-state index contributed by atoms with van der Waals surface area (Å²) >= 11 is 0. The first-order valence-electron chi connectivity index (χ1n) is 10.3. The van der Waals surface area contributed by atoms with Gasteiger partial charge in [0.15, 0.2) is 0 Å². The predicted molar refractivity (Wildman–Crippen MR) is 115 cm³/mol. The number of benzene rings is 1. The summed E-state index contributed by atoms with van der Waals surface area (Å²) in [5.41, 5.74) is 0.757. The van der Waals surface area contributed by atoms with Gasteiger partial charge in [0.25, 0.3) is 0 Å². The molecule has 0 saturated carbocycles. The highest BCUT2D eigenvalue weighted by molar-refractivity contribution is 5.87. The Bertz CT molecular complexity index is 970. The summed E-state index contributed by atoms with van der Waals surface area (Å²) in [6.07, 6.45) is 2.04. The highest BCUT2D eigenvalue weighted by Crippen LogP contribution is 2.29. The quantitative estimate of drug-likeness (QED) is 0.400. The zero-order valence-corrected chi connectivity index (χ0v) is 18.6. The molecule has 0 saturated heterocycles. The Balaban J connectivity index is 2.28. The fourth-order valence-electron chi connectivity index (χ4n) is 3.16. The first-order chi connectivity index (χ1) is 14.1. The lowest BCUT2D eigenvalue weighted by Gasteiger charge is -2.23. The molecule has 0 aliphatic carbocycles. The molecule has 0 radical (unpaired) electrons. The highest BCUT2D eigenvalue weighted by atomic mass is 16.6. The van der Waals surface area contributed by atoms with Gasteiger partial charge < -0.3 is 19.2 Å². The second kappa shape index (κ2) is 9.78. The minimum atomic E-state index is -0.849. The average molecular weight is 418 g/mol. The molecule has 0 bridgehead atoms. The van der Waals surface area contributed by atoms with E-state index in [1.807, 2.05) is 13.8 Å². The van der Waals surface area contributed by atoms with E-state index in [2.05, 4.69) is 5.32 Å². The van der Waals surface area contributed by atoms with Crippen molar-refractivity contribution in [2.45, 2.75) is 78.9 Å². The molecule has 2 aromatic rings. The van der Waals surface area contributed by atoms with Gasteiger partial charge >= 0.3 is 17.7 Å². The fourth-order valence-corrected chi connectivity index (χ4v) is 3.16. The van der Waals surface area contributed by atoms with Crippen molar-refractivity contribution in [3.63, 3.8) is 0 Å². The van der Waals surface area contributed by atoms with Crippen LogP contribution in [0.25, 0.3) is 11.0 Å². The van der Waals surface area contributed by atoms with Crippen LogP contribution in [0.5, 0.6) is 5.75 Å². The second-order valence-electron chi connectivity index (χ2n) is 8.31. The van der Waals surface area contributed by atoms with Crippen LogP contribution in [0.2, 0.25) is 0 Å². The largest absolute Gasteiger partial charge is 0.444 e. The Morgan fingerprint density at radius 2 is 1.87 bits per heavy atom. The average Bonchev–Trinajstić information content (AvgIpc) is 2.62. The van der Waals surface area contributed by atoms with Crippen LogP contribution in [0.1, 0.15) is 65.0 Å². The molecule has 2 rings (SSSR count). The Morgan fingerprint density at radius 3 is 2.47 bits per heavy atom. The van der Waals surface area contributed by atoms with Crippen molar-refractivity contribution in [1.29, 1.82) is 0 Å². The minimum absolute atomic E-state index is 0.288. The van der Waals surface area contributed by atoms with Crippen molar-refractivity contribution in [1.82, 2.24) is 5.32 Å². The Labute approximate surface area is 176 Å². The van der Waals surface area contributed by atoms with E-state index in [0.717, 1.165) is 23.8 Å². The normalized spacial score (nSPS) is 12.5. The molecule has 1 amide bonds. The van der Waals surface area contributed by atoms with Gasteiger partial charge in [0.1, 0.15) is 23.0 Å². The molecule has 0 fully saturated rings. The van der Waals surface area contributed by atoms with Crippen LogP contribution in [-0.4, -0.2) is 23.7 Å². The monoisotopic (exact) mass is 417 g/mol. The number of fused-ring (bicyclic) bond motifs is 1. The van der Waals surface area contributed by atoms with E-state index >= 15 is 0 Å². The molecule has 7 heteroatoms. The summed E-state index contributed by atoms with van der Waals surface area (Å²) in [4.78, 5) is 36.8. The van der Waals surface area contributed by atoms with Crippen molar-refractivity contribution < 1.29 is 23.5 Å². The number of alkyl carbamates (subject to hydrolysis) is 1. The van der Waals surface area contributed by atoms with Crippen LogP contribution in [0, 0.1) is 6.92 Å². The van der Waals surface area contributed by atoms with Crippen LogP contribution in [0.15, 0.2) is 27.4 Å². The predicted octanol–water partition coefficient (Wildman–Crippen LogP) is 4.65. The zero-order valence-electron chi connectivity index (χ0n) is 18.6. The van der Waals surface area contributed by atoms with E-state index in [4.69, 9.17) is 13.9 Å². The van der Waals surface area contributed by atoms with Crippen LogP contribution in [-0.2, 0) is 16.0 Å². The first kappa shape index (κ1) is 23.4. The number of carbonyl (C=O) groups is 2. The van der Waals surface area contributed by atoms with E-state index in [9.17, 15) is 14.4 Å². The van der Waals surface area contributed by atoms with Gasteiger partial charge in [-0.2, -0.15) is 0 Å². The molecule has 1 N–H and O–H groups in total. The van der Waals surface area contributed by atoms with Gasteiger partial charge in [-0.25, -0.2) is 14.4 Å². The topological polar surface area (TPSA) is 94.8 Å². The Hall–Kier alpha value is -2.83. The van der Waals surface area contributed by atoms with E-state index in [1.165, 1.54) is 6.07 Å². The minimum Gasteiger partial charge on any atom is -0.444 e. The van der Waals surface area contributed by atoms with Crippen molar-refractivity contribution >= 4 is 23.0 Å². The fraction of sp³-hybridized carbons (Fsp3) is 0.522. The standard InChI is InChI=1S/C23H31NO6/c1-7-9-15-13-19(25)29-20-14(3)18(12-11-16(15)20)28-21(26)17(10-8-2)24-22(27)30-23(4,5)6/h11-13,17H,7-10H2,1-6H3,(H,24,27)/t17-/m1/s1. The summed E-state index contributed by atoms with van der Waals surface area (Å²) < 4.78 is 16.2. The van der Waals surface area contributed by atoms with Crippen molar-refractivity contribution in [3.8, 4) is 5.75 Å². The molecule has 1 heterocycles. The third kappa shape index (κ3) is 6.08. The van der Waals surface area contributed by atoms with Gasteiger partial charge in [-0.05, 0) is 58.2 Å². The number of aryl methyl sites for hydroxylation is 2. The number of esters is 1. The number of hydrogen-bond donors (Lipinski definition) is 1. The van der Waals surface area contributed by atoms with Gasteiger partial charge in [-0.15, -0.1) is 0 Å². The third-order valence-corrected chi connectivity index (χ3v) is 4.48. The van der Waals surface area contributed by atoms with Gasteiger partial charge in [0.2, 0.25) is 0 Å². The summed E-state index contributed by atoms with van der Waals surface area (Å²) in [5, 5.41) is 3.40. The maximum atomic E-state index is 12.7. The summed E-state index contributed by atoms with van der Waals surface area (Å²) in [6, 6.07) is 4.12. The van der Waals surface area contributed by atoms with E-state index in [0.29, 0.717) is 24.0 Å². The molecule has 0 aliphatic rings. The smallest absolute Gasteiger partial charge is 0.408 e. The lowest BCUT2D eigenvalue weighted by molar-refractivity contribution is -0.137. The Kier molecular flexibility index (Phi) is 7.65. The summed E-state index contributed by atoms with van der Waals surface area (Å²) in [7, 11) is 0. The molecular weight excluding hydrogens is 386 g/mol. The molecule has 30 heavy (non-hydrogen) atoms. The number of nitrogens with one attached hydrogen (secondary N) is 1. The number of amides is 1. The van der Waals surface area contributed by atoms with Crippen molar-refractivity contribution in [3.05, 3.63) is 39.7 Å². The molecule has 1 atom stereocenters. The third-order valence-electron chi connectivity index (χ3n) is 4.48. The van der Waals surface area contributed by atoms with Gasteiger partial charge in [-0.1, -0.05) is 26.7 Å². The van der Waals surface area contributed by atoms with Crippen LogP contribution in [0.4, 0.5) is 4.79 Å². The number of rotatable bonds is 7. The van der Waals surface area contributed by atoms with Gasteiger partial charge in [-0.3, -0.25) is 0 Å². The van der Waals surface area contributed by atoms with E-state index in [1.54, 1.807) is 39.8 Å². The van der Waals surface area contributed by atoms with Crippen LogP contribution in [0.3, 0.4) is 0 Å². The van der Waals surface area contributed by atoms with Gasteiger partial charge in [0.05, 0.1) is 0 Å². The SMILES string of the molecule is CCCc1cc(=O)oc2c(C)c(OC(=O)[C@@H](CCC)NC(=O)OC(C)(C)C)ccc12. The molecule has 1 aromatic heterocycles. The number of carbonyl (C=O) groups excluding carboxylic acids is 2. The van der Waals surface area contributed by atoms with E-state index < -0.39 is 29.3 Å². The van der Waals surface area contributed by atoms with E-state index in [-0.39, 0.29) is 5.75 Å². The van der Waals surface area contributed by atoms with Crippen LogP contribution >= 0.6 is 0 Å². The molecule has 164 valence electrons. The molecule has 1 aromatic carbocycles. The van der Waals surface area contributed by atoms with Crippen LogP contribution < -0.4 is 15.7 Å². The lowest BCUT2D eigenvalue weighted by atomic mass is 10.0. The van der Waals surface area contributed by atoms with Gasteiger partial charge in [0, 0.05) is 17.0 Å². The highest BCUT2D eigenvalue weighted by Gasteiger charge is 2.26. The maximum absolute atomic E-state index is 12.7. The Morgan fingerprint density at radius 1 is 1.17 bits per heavy atom. The molecule has 7 nitrogen and oxygen atoms in total. The molecular formula is C23H31NO6. The lowest BCUT2D eigenvalue weighted by Crippen LogP contribution is -2.45. The molecule has 0 unspecified atom stereocenters. The molecule has 0 aliphatic heterocycles. The maximum Gasteiger partial charge on any atom is 0.408 e. The van der Waals surface area contributed by atoms with Crippen molar-refractivity contribution in [2.24, 2.45) is 0 Å². The number of ether oxygens (including phenoxy) is 2. The second-order valence-corrected chi connectivity index (χ2v) is 8.31. The number of hydrogen-bond acceptors (Lipinski definition) is 6. The molecule has 0 spiro atoms. The van der Waals surface area contributed by atoms with Crippen molar-refractivity contribution in [2.75, 3.05) is 0 Å². The summed E-state index contributed by atoms with van der Waals surface area (Å²) in [6.45, 7) is 10.9. The summed E-state index contributed by atoms with van der Waals surface area (Å²) in [5.74, 6) is -0.311. The first-order valence-corrected chi connectivity index (χ1v) is 10.3. The zero-order chi connectivity index (χ0) is 22.5.